The number of nitro benzene ring substituents is 1. The quantitative estimate of drug-likeness (QED) is 0.293. The molecule has 3 aromatic rings. The maximum absolute atomic E-state index is 11.8. The van der Waals surface area contributed by atoms with Crippen molar-refractivity contribution in [3.8, 4) is 0 Å². The van der Waals surface area contributed by atoms with Gasteiger partial charge in [0.1, 0.15) is 11.2 Å². The van der Waals surface area contributed by atoms with Crippen LogP contribution in [0.5, 0.6) is 0 Å². The summed E-state index contributed by atoms with van der Waals surface area (Å²) in [5, 5.41) is 16.5. The first-order valence-corrected chi connectivity index (χ1v) is 7.92. The standard InChI is InChI=1S/C18H16N4O4/c23-17(9-10-18-21-14-6-2-4-8-16(14)26-18)20-12-11-19-13-5-1-3-7-15(13)22(24)25/h1-10,19H,11-12H2,(H,20,23). The fourth-order valence-corrected chi connectivity index (χ4v) is 2.33. The number of aromatic nitrogens is 1. The number of carbonyl (C=O) groups is 1. The maximum atomic E-state index is 11.8. The van der Waals surface area contributed by atoms with E-state index in [2.05, 4.69) is 15.6 Å². The van der Waals surface area contributed by atoms with Gasteiger partial charge in [0, 0.05) is 31.3 Å². The number of benzene rings is 2. The molecule has 2 aromatic carbocycles. The van der Waals surface area contributed by atoms with Gasteiger partial charge in [-0.3, -0.25) is 14.9 Å². The Morgan fingerprint density at radius 1 is 1.15 bits per heavy atom. The summed E-state index contributed by atoms with van der Waals surface area (Å²) in [5.74, 6) is 0.0380. The number of amides is 1. The molecule has 0 saturated carbocycles. The summed E-state index contributed by atoms with van der Waals surface area (Å²) in [6, 6.07) is 13.7. The lowest BCUT2D eigenvalue weighted by Crippen LogP contribution is -2.27. The van der Waals surface area contributed by atoms with Crippen molar-refractivity contribution in [3.63, 3.8) is 0 Å². The van der Waals surface area contributed by atoms with Crippen molar-refractivity contribution in [1.82, 2.24) is 10.3 Å². The highest BCUT2D eigenvalue weighted by Crippen LogP contribution is 2.22. The van der Waals surface area contributed by atoms with Crippen LogP contribution in [0.1, 0.15) is 5.89 Å². The number of nitro groups is 1. The average Bonchev–Trinajstić information content (AvgIpc) is 3.07. The van der Waals surface area contributed by atoms with Crippen LogP contribution in [-0.2, 0) is 4.79 Å². The minimum atomic E-state index is -0.454. The third-order valence-electron chi connectivity index (χ3n) is 3.53. The number of para-hydroxylation sites is 4. The van der Waals surface area contributed by atoms with Gasteiger partial charge < -0.3 is 15.1 Å². The molecule has 8 nitrogen and oxygen atoms in total. The van der Waals surface area contributed by atoms with Crippen molar-refractivity contribution in [2.45, 2.75) is 0 Å². The minimum absolute atomic E-state index is 0.00492. The SMILES string of the molecule is O=C(C=Cc1nc2ccccc2o1)NCCNc1ccccc1[N+](=O)[O-]. The number of nitrogens with one attached hydrogen (secondary N) is 2. The van der Waals surface area contributed by atoms with E-state index in [4.69, 9.17) is 4.42 Å². The molecule has 0 spiro atoms. The number of hydrogen-bond donors (Lipinski definition) is 2. The fraction of sp³-hybridized carbons (Fsp3) is 0.111. The van der Waals surface area contributed by atoms with Crippen molar-refractivity contribution >= 4 is 34.5 Å². The van der Waals surface area contributed by atoms with Crippen LogP contribution >= 0.6 is 0 Å². The van der Waals surface area contributed by atoms with Gasteiger partial charge in [0.25, 0.3) is 5.69 Å². The molecular weight excluding hydrogens is 336 g/mol. The van der Waals surface area contributed by atoms with Crippen molar-refractivity contribution < 1.29 is 14.1 Å². The Balaban J connectivity index is 1.48. The molecule has 0 radical (unpaired) electrons. The zero-order chi connectivity index (χ0) is 18.4. The van der Waals surface area contributed by atoms with Crippen LogP contribution in [0.4, 0.5) is 11.4 Å². The fourth-order valence-electron chi connectivity index (χ4n) is 2.33. The predicted octanol–water partition coefficient (Wildman–Crippen LogP) is 2.98. The van der Waals surface area contributed by atoms with Crippen molar-refractivity contribution in [2.75, 3.05) is 18.4 Å². The maximum Gasteiger partial charge on any atom is 0.292 e. The van der Waals surface area contributed by atoms with Gasteiger partial charge in [-0.2, -0.15) is 0 Å². The molecule has 3 rings (SSSR count). The van der Waals surface area contributed by atoms with E-state index < -0.39 is 4.92 Å². The first-order valence-electron chi connectivity index (χ1n) is 7.92. The number of carbonyl (C=O) groups excluding carboxylic acids is 1. The number of anilines is 1. The Kier molecular flexibility index (Phi) is 5.23. The third-order valence-corrected chi connectivity index (χ3v) is 3.53. The summed E-state index contributed by atoms with van der Waals surface area (Å²) < 4.78 is 5.48. The molecule has 0 aliphatic carbocycles. The number of nitrogens with zero attached hydrogens (tertiary/aromatic N) is 2. The lowest BCUT2D eigenvalue weighted by Gasteiger charge is -2.07. The molecule has 1 amide bonds. The molecule has 8 heteroatoms. The van der Waals surface area contributed by atoms with E-state index >= 15 is 0 Å². The summed E-state index contributed by atoms with van der Waals surface area (Å²) >= 11 is 0. The summed E-state index contributed by atoms with van der Waals surface area (Å²) in [6.07, 6.45) is 2.82. The first kappa shape index (κ1) is 17.2. The van der Waals surface area contributed by atoms with Gasteiger partial charge >= 0.3 is 0 Å². The van der Waals surface area contributed by atoms with Crippen LogP contribution in [-0.4, -0.2) is 28.9 Å². The molecule has 2 N–H and O–H groups in total. The van der Waals surface area contributed by atoms with E-state index in [1.165, 1.54) is 18.2 Å². The van der Waals surface area contributed by atoms with Crippen LogP contribution in [0.15, 0.2) is 59.0 Å². The number of hydrogen-bond acceptors (Lipinski definition) is 6. The molecule has 132 valence electrons. The Morgan fingerprint density at radius 2 is 1.92 bits per heavy atom. The molecule has 0 fully saturated rings. The van der Waals surface area contributed by atoms with E-state index in [9.17, 15) is 14.9 Å². The molecule has 1 heterocycles. The topological polar surface area (TPSA) is 110 Å². The lowest BCUT2D eigenvalue weighted by atomic mass is 10.2. The second-order valence-corrected chi connectivity index (χ2v) is 5.35. The highest BCUT2D eigenvalue weighted by molar-refractivity contribution is 5.91. The lowest BCUT2D eigenvalue weighted by molar-refractivity contribution is -0.384. The number of fused-ring (bicyclic) bond motifs is 1. The molecule has 0 atom stereocenters. The average molecular weight is 352 g/mol. The van der Waals surface area contributed by atoms with Crippen molar-refractivity contribution in [1.29, 1.82) is 0 Å². The van der Waals surface area contributed by atoms with Gasteiger partial charge in [-0.25, -0.2) is 4.98 Å². The molecule has 1 aromatic heterocycles. The van der Waals surface area contributed by atoms with Gasteiger partial charge in [0.15, 0.2) is 5.58 Å². The summed E-state index contributed by atoms with van der Waals surface area (Å²) in [6.45, 7) is 0.663. The molecule has 0 saturated heterocycles. The van der Waals surface area contributed by atoms with E-state index in [1.807, 2.05) is 18.2 Å². The highest BCUT2D eigenvalue weighted by Gasteiger charge is 2.11. The molecule has 0 unspecified atom stereocenters. The first-order chi connectivity index (χ1) is 12.6. The normalized spacial score (nSPS) is 10.9. The molecule has 26 heavy (non-hydrogen) atoms. The highest BCUT2D eigenvalue weighted by atomic mass is 16.6. The van der Waals surface area contributed by atoms with Gasteiger partial charge in [0.05, 0.1) is 4.92 Å². The monoisotopic (exact) mass is 352 g/mol. The van der Waals surface area contributed by atoms with Crippen LogP contribution in [0, 0.1) is 10.1 Å². The third kappa shape index (κ3) is 4.23. The largest absolute Gasteiger partial charge is 0.437 e. The Hall–Kier alpha value is -3.68. The zero-order valence-corrected chi connectivity index (χ0v) is 13.7. The van der Waals surface area contributed by atoms with Gasteiger partial charge in [0.2, 0.25) is 11.8 Å². The summed E-state index contributed by atoms with van der Waals surface area (Å²) in [4.78, 5) is 26.5. The summed E-state index contributed by atoms with van der Waals surface area (Å²) in [5.41, 5.74) is 1.78. The van der Waals surface area contributed by atoms with Crippen LogP contribution < -0.4 is 10.6 Å². The van der Waals surface area contributed by atoms with E-state index in [1.54, 1.807) is 24.3 Å². The van der Waals surface area contributed by atoms with Crippen LogP contribution in [0.25, 0.3) is 17.2 Å². The smallest absolute Gasteiger partial charge is 0.292 e. The number of rotatable bonds is 7. The number of oxazole rings is 1. The second kappa shape index (κ2) is 7.93. The Labute approximate surface area is 148 Å². The minimum Gasteiger partial charge on any atom is -0.437 e. The Bertz CT molecular complexity index is 931. The van der Waals surface area contributed by atoms with Crippen LogP contribution in [0.2, 0.25) is 0 Å². The van der Waals surface area contributed by atoms with Crippen molar-refractivity contribution in [2.24, 2.45) is 0 Å². The Morgan fingerprint density at radius 3 is 2.73 bits per heavy atom. The molecular formula is C18H16N4O4. The van der Waals surface area contributed by atoms with Gasteiger partial charge in [-0.15, -0.1) is 0 Å². The van der Waals surface area contributed by atoms with Gasteiger partial charge in [-0.1, -0.05) is 24.3 Å². The predicted molar refractivity (Wildman–Crippen MR) is 97.6 cm³/mol. The molecule has 0 aliphatic heterocycles. The zero-order valence-electron chi connectivity index (χ0n) is 13.7. The van der Waals surface area contributed by atoms with E-state index in [0.717, 1.165) is 5.52 Å². The van der Waals surface area contributed by atoms with Crippen molar-refractivity contribution in [3.05, 3.63) is 70.6 Å². The van der Waals surface area contributed by atoms with Crippen LogP contribution in [0.3, 0.4) is 0 Å². The van der Waals surface area contributed by atoms with Gasteiger partial charge in [-0.05, 0) is 18.2 Å². The van der Waals surface area contributed by atoms with E-state index in [-0.39, 0.29) is 11.6 Å². The molecule has 0 bridgehead atoms. The molecule has 0 aliphatic rings. The van der Waals surface area contributed by atoms with E-state index in [0.29, 0.717) is 30.3 Å². The second-order valence-electron chi connectivity index (χ2n) is 5.35. The summed E-state index contributed by atoms with van der Waals surface area (Å²) in [7, 11) is 0.